The fraction of sp³-hybridized carbons (Fsp3) is 0.571. The quantitative estimate of drug-likeness (QED) is 0.770. The molecule has 0 saturated carbocycles. The van der Waals surface area contributed by atoms with Crippen molar-refractivity contribution >= 4 is 33.2 Å². The number of benzene rings is 1. The van der Waals surface area contributed by atoms with E-state index < -0.39 is 0 Å². The number of anilines is 1. The molecular weight excluding hydrogens is 314 g/mol. The van der Waals surface area contributed by atoms with Gasteiger partial charge in [0.15, 0.2) is 0 Å². The Balaban J connectivity index is 2.09. The van der Waals surface area contributed by atoms with Gasteiger partial charge >= 0.3 is 0 Å². The maximum absolute atomic E-state index is 6.33. The van der Waals surface area contributed by atoms with Crippen molar-refractivity contribution in [1.29, 1.82) is 0 Å². The Morgan fingerprint density at radius 1 is 1.39 bits per heavy atom. The van der Waals surface area contributed by atoms with Crippen LogP contribution in [0.5, 0.6) is 0 Å². The van der Waals surface area contributed by atoms with Crippen LogP contribution in [0.3, 0.4) is 0 Å². The van der Waals surface area contributed by atoms with Gasteiger partial charge < -0.3 is 9.64 Å². The van der Waals surface area contributed by atoms with E-state index in [1.165, 1.54) is 5.56 Å². The van der Waals surface area contributed by atoms with Gasteiger partial charge in [0, 0.05) is 32.1 Å². The number of hydrogen-bond acceptors (Lipinski definition) is 2. The molecule has 0 radical (unpaired) electrons. The van der Waals surface area contributed by atoms with Crippen molar-refractivity contribution in [3.05, 3.63) is 28.8 Å². The Bertz CT molecular complexity index is 393. The molecule has 1 heterocycles. The Morgan fingerprint density at radius 3 is 2.78 bits per heavy atom. The largest absolute Gasteiger partial charge is 0.381 e. The van der Waals surface area contributed by atoms with E-state index in [4.69, 9.17) is 16.3 Å². The Hall–Kier alpha value is -0.250. The molecule has 0 unspecified atom stereocenters. The minimum atomic E-state index is 0.711. The fourth-order valence-electron chi connectivity index (χ4n) is 2.50. The van der Waals surface area contributed by atoms with Gasteiger partial charge in [-0.3, -0.25) is 0 Å². The lowest BCUT2D eigenvalue weighted by Crippen LogP contribution is -2.30. The maximum Gasteiger partial charge on any atom is 0.0642 e. The summed E-state index contributed by atoms with van der Waals surface area (Å²) in [7, 11) is 2.13. The molecule has 0 aromatic heterocycles. The third kappa shape index (κ3) is 3.40. The zero-order chi connectivity index (χ0) is 13.0. The molecule has 4 heteroatoms. The number of rotatable bonds is 4. The first-order valence-corrected chi connectivity index (χ1v) is 7.84. The van der Waals surface area contributed by atoms with Crippen molar-refractivity contribution in [1.82, 2.24) is 0 Å². The van der Waals surface area contributed by atoms with Crippen LogP contribution in [0.25, 0.3) is 0 Å². The van der Waals surface area contributed by atoms with Gasteiger partial charge in [0.05, 0.1) is 10.7 Å². The van der Waals surface area contributed by atoms with E-state index in [0.717, 1.165) is 48.6 Å². The van der Waals surface area contributed by atoms with Crippen LogP contribution in [0.2, 0.25) is 5.02 Å². The number of alkyl halides is 1. The zero-order valence-corrected chi connectivity index (χ0v) is 13.0. The summed E-state index contributed by atoms with van der Waals surface area (Å²) in [6, 6.07) is 6.09. The molecule has 1 aliphatic heterocycles. The van der Waals surface area contributed by atoms with Gasteiger partial charge in [0.2, 0.25) is 0 Å². The van der Waals surface area contributed by atoms with Crippen molar-refractivity contribution in [3.8, 4) is 0 Å². The van der Waals surface area contributed by atoms with Crippen LogP contribution < -0.4 is 4.90 Å². The second kappa shape index (κ2) is 6.78. The molecule has 100 valence electrons. The third-order valence-corrected chi connectivity index (χ3v) is 4.38. The van der Waals surface area contributed by atoms with Crippen LogP contribution in [0.4, 0.5) is 5.69 Å². The normalized spacial score (nSPS) is 16.8. The van der Waals surface area contributed by atoms with E-state index in [0.29, 0.717) is 5.92 Å². The third-order valence-electron chi connectivity index (χ3n) is 3.47. The van der Waals surface area contributed by atoms with Crippen molar-refractivity contribution in [3.63, 3.8) is 0 Å². The lowest BCUT2D eigenvalue weighted by Gasteiger charge is -2.30. The molecule has 18 heavy (non-hydrogen) atoms. The maximum atomic E-state index is 6.33. The van der Waals surface area contributed by atoms with Gasteiger partial charge in [0.1, 0.15) is 0 Å². The first kappa shape index (κ1) is 14.2. The van der Waals surface area contributed by atoms with Crippen molar-refractivity contribution in [2.75, 3.05) is 31.7 Å². The zero-order valence-electron chi connectivity index (χ0n) is 10.7. The lowest BCUT2D eigenvalue weighted by molar-refractivity contribution is 0.0685. The van der Waals surface area contributed by atoms with Crippen LogP contribution in [-0.2, 0) is 10.1 Å². The predicted molar refractivity (Wildman–Crippen MR) is 80.9 cm³/mol. The summed E-state index contributed by atoms with van der Waals surface area (Å²) >= 11 is 9.86. The number of hydrogen-bond donors (Lipinski definition) is 0. The molecule has 0 N–H and O–H groups in total. The van der Waals surface area contributed by atoms with Crippen molar-refractivity contribution in [2.45, 2.75) is 18.2 Å². The number of nitrogens with zero attached hydrogens (tertiary/aromatic N) is 1. The molecule has 1 aromatic carbocycles. The molecule has 1 aromatic rings. The average molecular weight is 333 g/mol. The molecule has 0 spiro atoms. The number of ether oxygens (including phenoxy) is 1. The molecule has 1 aliphatic rings. The SMILES string of the molecule is CN(CC1CCOCC1)c1c(Cl)cccc1CBr. The van der Waals surface area contributed by atoms with Gasteiger partial charge in [-0.15, -0.1) is 0 Å². The standard InChI is InChI=1S/C14H19BrClNO/c1-17(10-11-5-7-18-8-6-11)14-12(9-15)3-2-4-13(14)16/h2-4,11H,5-10H2,1H3. The summed E-state index contributed by atoms with van der Waals surface area (Å²) in [6.07, 6.45) is 2.30. The van der Waals surface area contributed by atoms with E-state index in [-0.39, 0.29) is 0 Å². The summed E-state index contributed by atoms with van der Waals surface area (Å²) < 4.78 is 5.40. The monoisotopic (exact) mass is 331 g/mol. The van der Waals surface area contributed by atoms with Crippen molar-refractivity contribution < 1.29 is 4.74 Å². The molecule has 1 saturated heterocycles. The highest BCUT2D eigenvalue weighted by atomic mass is 79.9. The first-order chi connectivity index (χ1) is 8.72. The lowest BCUT2D eigenvalue weighted by atomic mass is 9.99. The van der Waals surface area contributed by atoms with E-state index in [1.807, 2.05) is 12.1 Å². The van der Waals surface area contributed by atoms with Gasteiger partial charge in [-0.05, 0) is 30.4 Å². The summed E-state index contributed by atoms with van der Waals surface area (Å²) in [5.74, 6) is 0.711. The summed E-state index contributed by atoms with van der Waals surface area (Å²) in [5, 5.41) is 1.67. The smallest absolute Gasteiger partial charge is 0.0642 e. The van der Waals surface area contributed by atoms with Gasteiger partial charge in [0.25, 0.3) is 0 Å². The number of para-hydroxylation sites is 1. The fourth-order valence-corrected chi connectivity index (χ4v) is 3.29. The summed E-state index contributed by atoms with van der Waals surface area (Å²) in [6.45, 7) is 2.84. The molecule has 0 bridgehead atoms. The molecule has 0 atom stereocenters. The minimum Gasteiger partial charge on any atom is -0.381 e. The van der Waals surface area contributed by atoms with Crippen LogP contribution in [0, 0.1) is 5.92 Å². The van der Waals surface area contributed by atoms with Crippen molar-refractivity contribution in [2.24, 2.45) is 5.92 Å². The molecule has 0 aliphatic carbocycles. The van der Waals surface area contributed by atoms with Crippen LogP contribution in [0.15, 0.2) is 18.2 Å². The molecule has 0 amide bonds. The molecule has 2 rings (SSSR count). The minimum absolute atomic E-state index is 0.711. The highest BCUT2D eigenvalue weighted by molar-refractivity contribution is 9.08. The molecule has 2 nitrogen and oxygen atoms in total. The van der Waals surface area contributed by atoms with E-state index in [9.17, 15) is 0 Å². The van der Waals surface area contributed by atoms with E-state index in [1.54, 1.807) is 0 Å². The first-order valence-electron chi connectivity index (χ1n) is 6.34. The molecule has 1 fully saturated rings. The van der Waals surface area contributed by atoms with Crippen LogP contribution in [0.1, 0.15) is 18.4 Å². The average Bonchev–Trinajstić information content (AvgIpc) is 2.39. The van der Waals surface area contributed by atoms with E-state index >= 15 is 0 Å². The predicted octanol–water partition coefficient (Wildman–Crippen LogP) is 4.10. The van der Waals surface area contributed by atoms with Crippen LogP contribution in [-0.4, -0.2) is 26.8 Å². The Kier molecular flexibility index (Phi) is 5.34. The van der Waals surface area contributed by atoms with E-state index in [2.05, 4.69) is 33.9 Å². The molecular formula is C14H19BrClNO. The summed E-state index contributed by atoms with van der Waals surface area (Å²) in [5.41, 5.74) is 2.40. The highest BCUT2D eigenvalue weighted by Crippen LogP contribution is 2.31. The highest BCUT2D eigenvalue weighted by Gasteiger charge is 2.18. The van der Waals surface area contributed by atoms with Crippen LogP contribution >= 0.6 is 27.5 Å². The topological polar surface area (TPSA) is 12.5 Å². The second-order valence-electron chi connectivity index (χ2n) is 4.82. The van der Waals surface area contributed by atoms with Gasteiger partial charge in [-0.25, -0.2) is 0 Å². The second-order valence-corrected chi connectivity index (χ2v) is 5.79. The summed E-state index contributed by atoms with van der Waals surface area (Å²) in [4.78, 5) is 2.29. The van der Waals surface area contributed by atoms with Gasteiger partial charge in [-0.2, -0.15) is 0 Å². The Morgan fingerprint density at radius 2 is 2.11 bits per heavy atom. The Labute approximate surface area is 122 Å². The van der Waals surface area contributed by atoms with Gasteiger partial charge in [-0.1, -0.05) is 39.7 Å². The number of halogens is 2.